The van der Waals surface area contributed by atoms with Crippen molar-refractivity contribution in [2.75, 3.05) is 26.2 Å². The number of carboxylic acid groups (broad SMARTS) is 2. The number of carboxylic acids is 2. The summed E-state index contributed by atoms with van der Waals surface area (Å²) >= 11 is 0. The average molecular weight is 554 g/mol. The quantitative estimate of drug-likeness (QED) is 0.523. The van der Waals surface area contributed by atoms with Crippen molar-refractivity contribution in [3.8, 4) is 0 Å². The predicted octanol–water partition coefficient (Wildman–Crippen LogP) is 4.74. The predicted molar refractivity (Wildman–Crippen MR) is 122 cm³/mol. The Morgan fingerprint density at radius 3 is 1.87 bits per heavy atom. The van der Waals surface area contributed by atoms with E-state index in [1.54, 1.807) is 0 Å². The number of likely N-dealkylation sites (tertiary alicyclic amines) is 2. The molecule has 0 amide bonds. The fraction of sp³-hybridized carbons (Fsp3) is 0.542. The maximum Gasteiger partial charge on any atom is 0.490 e. The van der Waals surface area contributed by atoms with Crippen LogP contribution in [0.3, 0.4) is 0 Å². The molecule has 0 saturated carbocycles. The van der Waals surface area contributed by atoms with Crippen molar-refractivity contribution in [1.29, 1.82) is 0 Å². The molecule has 0 aliphatic carbocycles. The van der Waals surface area contributed by atoms with Crippen LogP contribution in [0, 0.1) is 12.3 Å². The molecule has 14 heteroatoms. The number of hydrogen-bond acceptors (Lipinski definition) is 6. The SMILES string of the molecule is Cc1ccc(CN2CCC3(CC2)CCN(Cc2cccnc2)C3)o1.O=C(O)C(F)(F)F.O=C(O)C(F)(F)F. The molecule has 2 N–H and O–H groups in total. The molecule has 2 aromatic rings. The molecule has 2 aromatic heterocycles. The molecule has 0 bridgehead atoms. The third-order valence-electron chi connectivity index (χ3n) is 6.22. The number of pyridine rings is 1. The van der Waals surface area contributed by atoms with Crippen LogP contribution >= 0.6 is 0 Å². The normalized spacial score (nSPS) is 17.8. The van der Waals surface area contributed by atoms with Crippen LogP contribution in [0.4, 0.5) is 26.3 Å². The summed E-state index contributed by atoms with van der Waals surface area (Å²) in [5, 5.41) is 14.2. The lowest BCUT2D eigenvalue weighted by Crippen LogP contribution is -2.41. The van der Waals surface area contributed by atoms with E-state index in [4.69, 9.17) is 24.2 Å². The Kier molecular flexibility index (Phi) is 10.7. The van der Waals surface area contributed by atoms with Crippen molar-refractivity contribution in [2.24, 2.45) is 5.41 Å². The van der Waals surface area contributed by atoms with E-state index in [0.29, 0.717) is 5.41 Å². The number of aliphatic carboxylic acids is 2. The molecule has 4 rings (SSSR count). The van der Waals surface area contributed by atoms with Crippen LogP contribution in [0.15, 0.2) is 41.1 Å². The fourth-order valence-electron chi connectivity index (χ4n) is 4.30. The van der Waals surface area contributed by atoms with E-state index in [1.165, 1.54) is 51.0 Å². The summed E-state index contributed by atoms with van der Waals surface area (Å²) < 4.78 is 69.2. The number of aryl methyl sites for hydroxylation is 1. The fourth-order valence-corrected chi connectivity index (χ4v) is 4.30. The van der Waals surface area contributed by atoms with Gasteiger partial charge in [-0.2, -0.15) is 26.3 Å². The first kappa shape index (κ1) is 31.1. The Labute approximate surface area is 214 Å². The number of furan rings is 1. The lowest BCUT2D eigenvalue weighted by Gasteiger charge is -2.39. The highest BCUT2D eigenvalue weighted by Crippen LogP contribution is 2.41. The zero-order valence-electron chi connectivity index (χ0n) is 20.6. The first-order chi connectivity index (χ1) is 17.6. The van der Waals surface area contributed by atoms with E-state index in [0.717, 1.165) is 24.6 Å². The molecule has 0 radical (unpaired) electrons. The molecule has 212 valence electrons. The van der Waals surface area contributed by atoms with Gasteiger partial charge in [0.25, 0.3) is 0 Å². The minimum absolute atomic E-state index is 0.539. The number of aromatic nitrogens is 1. The Morgan fingerprint density at radius 1 is 0.921 bits per heavy atom. The second kappa shape index (κ2) is 13.1. The van der Waals surface area contributed by atoms with E-state index in [2.05, 4.69) is 33.0 Å². The number of halogens is 6. The van der Waals surface area contributed by atoms with Gasteiger partial charge in [-0.3, -0.25) is 14.8 Å². The summed E-state index contributed by atoms with van der Waals surface area (Å²) in [5.74, 6) is -3.40. The van der Waals surface area contributed by atoms with Crippen LogP contribution in [-0.2, 0) is 22.7 Å². The van der Waals surface area contributed by atoms with Gasteiger partial charge >= 0.3 is 24.3 Å². The Balaban J connectivity index is 0.000000301. The number of hydrogen-bond donors (Lipinski definition) is 2. The van der Waals surface area contributed by atoms with Crippen molar-refractivity contribution in [1.82, 2.24) is 14.8 Å². The van der Waals surface area contributed by atoms with Crippen molar-refractivity contribution < 1.29 is 50.6 Å². The van der Waals surface area contributed by atoms with Crippen LogP contribution in [0.2, 0.25) is 0 Å². The third-order valence-corrected chi connectivity index (χ3v) is 6.22. The lowest BCUT2D eigenvalue weighted by molar-refractivity contribution is -0.193. The summed E-state index contributed by atoms with van der Waals surface area (Å²) in [4.78, 5) is 27.2. The van der Waals surface area contributed by atoms with Crippen molar-refractivity contribution in [2.45, 2.75) is 51.6 Å². The van der Waals surface area contributed by atoms with Gasteiger partial charge in [0.2, 0.25) is 0 Å². The second-order valence-electron chi connectivity index (χ2n) is 9.22. The summed E-state index contributed by atoms with van der Waals surface area (Å²) in [5.41, 5.74) is 1.87. The van der Waals surface area contributed by atoms with Crippen LogP contribution in [0.1, 0.15) is 36.3 Å². The molecule has 8 nitrogen and oxygen atoms in total. The van der Waals surface area contributed by atoms with Gasteiger partial charge in [-0.15, -0.1) is 0 Å². The summed E-state index contributed by atoms with van der Waals surface area (Å²) in [6.07, 6.45) is -2.34. The van der Waals surface area contributed by atoms with E-state index in [1.807, 2.05) is 25.4 Å². The van der Waals surface area contributed by atoms with Crippen LogP contribution in [0.5, 0.6) is 0 Å². The zero-order valence-corrected chi connectivity index (χ0v) is 20.6. The van der Waals surface area contributed by atoms with Gasteiger partial charge in [-0.25, -0.2) is 9.59 Å². The van der Waals surface area contributed by atoms with Crippen molar-refractivity contribution in [3.63, 3.8) is 0 Å². The Hall–Kier alpha value is -3.13. The van der Waals surface area contributed by atoms with Crippen LogP contribution < -0.4 is 0 Å². The van der Waals surface area contributed by atoms with Gasteiger partial charge in [0, 0.05) is 25.5 Å². The molecule has 0 atom stereocenters. The molecule has 2 saturated heterocycles. The molecule has 0 aromatic carbocycles. The van der Waals surface area contributed by atoms with Gasteiger partial charge in [0.15, 0.2) is 0 Å². The molecule has 1 spiro atoms. The number of rotatable bonds is 4. The average Bonchev–Trinajstić information content (AvgIpc) is 3.41. The summed E-state index contributed by atoms with van der Waals surface area (Å²) in [6.45, 7) is 8.89. The highest BCUT2D eigenvalue weighted by atomic mass is 19.4. The number of nitrogens with zero attached hydrogens (tertiary/aromatic N) is 3. The molecular formula is C24H29F6N3O5. The highest BCUT2D eigenvalue weighted by Gasteiger charge is 2.41. The second-order valence-corrected chi connectivity index (χ2v) is 9.22. The van der Waals surface area contributed by atoms with Crippen molar-refractivity contribution in [3.05, 3.63) is 53.7 Å². The first-order valence-electron chi connectivity index (χ1n) is 11.6. The molecule has 2 fully saturated rings. The standard InChI is InChI=1S/C20H27N3O.2C2HF3O2/c1-17-4-5-19(24-17)15-22-10-6-20(7-11-22)8-12-23(16-20)14-18-3-2-9-21-13-18;2*3-2(4,5)1(6)7/h2-5,9,13H,6-8,10-12,14-16H2,1H3;2*(H,6,7). The van der Waals surface area contributed by atoms with Gasteiger partial charge in [0.05, 0.1) is 6.54 Å². The van der Waals surface area contributed by atoms with Gasteiger partial charge < -0.3 is 14.6 Å². The van der Waals surface area contributed by atoms with E-state index < -0.39 is 24.3 Å². The summed E-state index contributed by atoms with van der Waals surface area (Å²) in [6, 6.07) is 8.40. The lowest BCUT2D eigenvalue weighted by atomic mass is 9.78. The number of piperidine rings is 1. The van der Waals surface area contributed by atoms with E-state index in [-0.39, 0.29) is 0 Å². The van der Waals surface area contributed by atoms with Gasteiger partial charge in [0.1, 0.15) is 11.5 Å². The smallest absolute Gasteiger partial charge is 0.475 e. The minimum atomic E-state index is -5.08. The van der Waals surface area contributed by atoms with E-state index >= 15 is 0 Å². The monoisotopic (exact) mass is 553 g/mol. The molecular weight excluding hydrogens is 524 g/mol. The van der Waals surface area contributed by atoms with Gasteiger partial charge in [-0.05, 0) is 75.0 Å². The Morgan fingerprint density at radius 2 is 1.45 bits per heavy atom. The highest BCUT2D eigenvalue weighted by molar-refractivity contribution is 5.73. The van der Waals surface area contributed by atoms with E-state index in [9.17, 15) is 26.3 Å². The van der Waals surface area contributed by atoms with Crippen molar-refractivity contribution >= 4 is 11.9 Å². The third kappa shape index (κ3) is 10.3. The molecule has 2 aliphatic heterocycles. The zero-order chi connectivity index (χ0) is 28.6. The largest absolute Gasteiger partial charge is 0.490 e. The van der Waals surface area contributed by atoms with Crippen LogP contribution in [0.25, 0.3) is 0 Å². The molecule has 4 heterocycles. The topological polar surface area (TPSA) is 107 Å². The Bertz CT molecular complexity index is 1010. The minimum Gasteiger partial charge on any atom is -0.475 e. The van der Waals surface area contributed by atoms with Crippen LogP contribution in [-0.4, -0.2) is 75.5 Å². The molecule has 38 heavy (non-hydrogen) atoms. The maximum atomic E-state index is 10.6. The summed E-state index contributed by atoms with van der Waals surface area (Å²) in [7, 11) is 0. The first-order valence-corrected chi connectivity index (χ1v) is 11.6. The number of alkyl halides is 6. The van der Waals surface area contributed by atoms with Gasteiger partial charge in [-0.1, -0.05) is 6.07 Å². The maximum absolute atomic E-state index is 10.6. The number of carbonyl (C=O) groups is 2. The molecule has 2 aliphatic rings. The molecule has 0 unspecified atom stereocenters.